The van der Waals surface area contributed by atoms with Gasteiger partial charge in [0.25, 0.3) is 5.91 Å². The zero-order valence-electron chi connectivity index (χ0n) is 12.3. The third-order valence-corrected chi connectivity index (χ3v) is 4.83. The molecule has 0 bridgehead atoms. The lowest BCUT2D eigenvalue weighted by Gasteiger charge is -2.44. The van der Waals surface area contributed by atoms with Gasteiger partial charge in [0.05, 0.1) is 23.6 Å². The zero-order chi connectivity index (χ0) is 15.8. The summed E-state index contributed by atoms with van der Waals surface area (Å²) in [5, 5.41) is 9.63. The van der Waals surface area contributed by atoms with E-state index in [-0.39, 0.29) is 16.8 Å². The molecule has 1 aliphatic rings. The van der Waals surface area contributed by atoms with Crippen LogP contribution in [0.5, 0.6) is 0 Å². The molecule has 1 saturated heterocycles. The molecular formula is C14H20N2O4S. The number of nitrogens with one attached hydrogen (secondary N) is 1. The van der Waals surface area contributed by atoms with E-state index in [4.69, 9.17) is 0 Å². The van der Waals surface area contributed by atoms with Crippen LogP contribution in [0.4, 0.5) is 0 Å². The van der Waals surface area contributed by atoms with Crippen molar-refractivity contribution in [2.24, 2.45) is 0 Å². The third kappa shape index (κ3) is 3.61. The number of carbonyl (C=O) groups is 1. The molecule has 1 fully saturated rings. The molecule has 1 heterocycles. The Hall–Kier alpha value is -1.44. The van der Waals surface area contributed by atoms with E-state index in [1.165, 1.54) is 29.2 Å². The van der Waals surface area contributed by atoms with Crippen LogP contribution < -0.4 is 4.72 Å². The maximum Gasteiger partial charge on any atom is 0.254 e. The number of carbonyl (C=O) groups excluding carboxylic acids is 1. The molecule has 0 radical (unpaired) electrons. The first-order chi connectivity index (χ1) is 9.61. The molecule has 0 spiro atoms. The standard InChI is InChI=1S/C14H20N2O4S/c1-10(2)15-21(19,20)12-6-4-11(5-7-12)13(17)16-8-14(3,18)9-16/h4-7,10,15,18H,8-9H2,1-3H3. The van der Waals surface area contributed by atoms with E-state index in [0.717, 1.165) is 0 Å². The normalized spacial score (nSPS) is 17.7. The van der Waals surface area contributed by atoms with Gasteiger partial charge in [0.1, 0.15) is 0 Å². The molecule has 6 nitrogen and oxygen atoms in total. The van der Waals surface area contributed by atoms with E-state index in [2.05, 4.69) is 4.72 Å². The summed E-state index contributed by atoms with van der Waals surface area (Å²) < 4.78 is 26.4. The second kappa shape index (κ2) is 5.40. The fourth-order valence-corrected chi connectivity index (χ4v) is 3.51. The molecule has 0 unspecified atom stereocenters. The van der Waals surface area contributed by atoms with Crippen LogP contribution in [0.1, 0.15) is 31.1 Å². The Bertz CT molecular complexity index is 627. The summed E-state index contributed by atoms with van der Waals surface area (Å²) in [6.07, 6.45) is 0. The zero-order valence-corrected chi connectivity index (χ0v) is 13.1. The molecule has 0 aliphatic carbocycles. The predicted octanol–water partition coefficient (Wildman–Crippen LogP) is 0.580. The molecule has 1 aliphatic heterocycles. The fourth-order valence-electron chi connectivity index (χ4n) is 2.26. The van der Waals surface area contributed by atoms with Gasteiger partial charge in [0, 0.05) is 11.6 Å². The minimum Gasteiger partial charge on any atom is -0.386 e. The van der Waals surface area contributed by atoms with Crippen LogP contribution in [-0.4, -0.2) is 49.1 Å². The summed E-state index contributed by atoms with van der Waals surface area (Å²) in [7, 11) is -3.55. The maximum atomic E-state index is 12.1. The monoisotopic (exact) mass is 312 g/mol. The lowest BCUT2D eigenvalue weighted by Crippen LogP contribution is -2.61. The first kappa shape index (κ1) is 15.9. The number of hydrogen-bond donors (Lipinski definition) is 2. The van der Waals surface area contributed by atoms with Crippen molar-refractivity contribution < 1.29 is 18.3 Å². The minimum atomic E-state index is -3.55. The van der Waals surface area contributed by atoms with Crippen molar-refractivity contribution in [1.82, 2.24) is 9.62 Å². The number of sulfonamides is 1. The Kier molecular flexibility index (Phi) is 4.10. The first-order valence-corrected chi connectivity index (χ1v) is 8.23. The Morgan fingerprint density at radius 1 is 1.29 bits per heavy atom. The molecule has 0 atom stereocenters. The van der Waals surface area contributed by atoms with Gasteiger partial charge >= 0.3 is 0 Å². The average Bonchev–Trinajstić information content (AvgIpc) is 2.33. The van der Waals surface area contributed by atoms with Gasteiger partial charge in [-0.05, 0) is 45.0 Å². The van der Waals surface area contributed by atoms with E-state index in [9.17, 15) is 18.3 Å². The number of aliphatic hydroxyl groups is 1. The topological polar surface area (TPSA) is 86.7 Å². The highest BCUT2D eigenvalue weighted by atomic mass is 32.2. The van der Waals surface area contributed by atoms with Crippen LogP contribution in [0, 0.1) is 0 Å². The van der Waals surface area contributed by atoms with Gasteiger partial charge in [-0.2, -0.15) is 0 Å². The van der Waals surface area contributed by atoms with Gasteiger partial charge in [-0.1, -0.05) is 0 Å². The van der Waals surface area contributed by atoms with Gasteiger partial charge in [-0.15, -0.1) is 0 Å². The lowest BCUT2D eigenvalue weighted by atomic mass is 9.96. The number of β-amino-alcohol motifs (C(OH)–C–C–N with tert-alkyl or cyclic N) is 1. The lowest BCUT2D eigenvalue weighted by molar-refractivity contribution is -0.0668. The van der Waals surface area contributed by atoms with Gasteiger partial charge in [-0.25, -0.2) is 13.1 Å². The number of hydrogen-bond acceptors (Lipinski definition) is 4. The van der Waals surface area contributed by atoms with Gasteiger partial charge in [0.15, 0.2) is 0 Å². The maximum absolute atomic E-state index is 12.1. The van der Waals surface area contributed by atoms with E-state index in [0.29, 0.717) is 18.7 Å². The van der Waals surface area contributed by atoms with Crippen molar-refractivity contribution in [2.75, 3.05) is 13.1 Å². The molecule has 21 heavy (non-hydrogen) atoms. The highest BCUT2D eigenvalue weighted by Gasteiger charge is 2.39. The number of amides is 1. The van der Waals surface area contributed by atoms with Crippen molar-refractivity contribution in [1.29, 1.82) is 0 Å². The summed E-state index contributed by atoms with van der Waals surface area (Å²) in [4.78, 5) is 13.8. The molecule has 2 rings (SSSR count). The van der Waals surface area contributed by atoms with E-state index in [1.54, 1.807) is 20.8 Å². The third-order valence-electron chi connectivity index (χ3n) is 3.15. The largest absolute Gasteiger partial charge is 0.386 e. The quantitative estimate of drug-likeness (QED) is 0.851. The van der Waals surface area contributed by atoms with Crippen molar-refractivity contribution in [2.45, 2.75) is 37.3 Å². The summed E-state index contributed by atoms with van der Waals surface area (Å²) in [6.45, 7) is 5.74. The molecule has 0 aromatic heterocycles. The number of rotatable bonds is 4. The van der Waals surface area contributed by atoms with Gasteiger partial charge < -0.3 is 10.0 Å². The Morgan fingerprint density at radius 2 is 1.81 bits per heavy atom. The van der Waals surface area contributed by atoms with Crippen LogP contribution in [0.25, 0.3) is 0 Å². The minimum absolute atomic E-state index is 0.128. The average molecular weight is 312 g/mol. The van der Waals surface area contributed by atoms with E-state index >= 15 is 0 Å². The summed E-state index contributed by atoms with van der Waals surface area (Å²) in [5.41, 5.74) is -0.408. The summed E-state index contributed by atoms with van der Waals surface area (Å²) >= 11 is 0. The van der Waals surface area contributed by atoms with E-state index < -0.39 is 15.6 Å². The molecule has 1 aromatic carbocycles. The Balaban J connectivity index is 2.11. The van der Waals surface area contributed by atoms with Crippen molar-refractivity contribution >= 4 is 15.9 Å². The number of benzene rings is 1. The van der Waals surface area contributed by atoms with Crippen molar-refractivity contribution in [3.8, 4) is 0 Å². The van der Waals surface area contributed by atoms with Crippen LogP contribution in [0.3, 0.4) is 0 Å². The summed E-state index contributed by atoms with van der Waals surface area (Å²) in [6, 6.07) is 5.61. The highest BCUT2D eigenvalue weighted by molar-refractivity contribution is 7.89. The van der Waals surface area contributed by atoms with Crippen LogP contribution >= 0.6 is 0 Å². The molecule has 7 heteroatoms. The fraction of sp³-hybridized carbons (Fsp3) is 0.500. The molecule has 1 aromatic rings. The number of likely N-dealkylation sites (tertiary alicyclic amines) is 1. The smallest absolute Gasteiger partial charge is 0.254 e. The number of nitrogens with zero attached hydrogens (tertiary/aromatic N) is 1. The van der Waals surface area contributed by atoms with Crippen molar-refractivity contribution in [3.05, 3.63) is 29.8 Å². The molecule has 2 N–H and O–H groups in total. The van der Waals surface area contributed by atoms with Gasteiger partial charge in [-0.3, -0.25) is 4.79 Å². The Labute approximate surface area is 124 Å². The molecule has 1 amide bonds. The molecular weight excluding hydrogens is 292 g/mol. The van der Waals surface area contributed by atoms with E-state index in [1.807, 2.05) is 0 Å². The molecule has 0 saturated carbocycles. The van der Waals surface area contributed by atoms with Gasteiger partial charge in [0.2, 0.25) is 10.0 Å². The second-order valence-corrected chi connectivity index (χ2v) is 7.67. The SMILES string of the molecule is CC(C)NS(=O)(=O)c1ccc(C(=O)N2CC(C)(O)C2)cc1. The Morgan fingerprint density at radius 3 is 2.24 bits per heavy atom. The van der Waals surface area contributed by atoms with Crippen LogP contribution in [-0.2, 0) is 10.0 Å². The van der Waals surface area contributed by atoms with Crippen LogP contribution in [0.15, 0.2) is 29.2 Å². The second-order valence-electron chi connectivity index (χ2n) is 5.96. The predicted molar refractivity (Wildman–Crippen MR) is 78.4 cm³/mol. The molecule has 116 valence electrons. The van der Waals surface area contributed by atoms with Crippen molar-refractivity contribution in [3.63, 3.8) is 0 Å². The summed E-state index contributed by atoms with van der Waals surface area (Å²) in [5.74, 6) is -0.206. The first-order valence-electron chi connectivity index (χ1n) is 6.75. The van der Waals surface area contributed by atoms with Crippen LogP contribution in [0.2, 0.25) is 0 Å². The highest BCUT2D eigenvalue weighted by Crippen LogP contribution is 2.22.